The quantitative estimate of drug-likeness (QED) is 0.779. The van der Waals surface area contributed by atoms with Crippen LogP contribution in [-0.2, 0) is 4.74 Å². The number of likely N-dealkylation sites (N-methyl/N-ethyl adjacent to an activating group) is 1. The van der Waals surface area contributed by atoms with E-state index in [0.717, 1.165) is 39.0 Å². The number of nitrogens with zero attached hydrogens (tertiary/aromatic N) is 2. The van der Waals surface area contributed by atoms with E-state index < -0.39 is 0 Å². The largest absolute Gasteiger partial charge is 0.381 e. The minimum absolute atomic E-state index is 0.231. The maximum atomic E-state index is 6.02. The summed E-state index contributed by atoms with van der Waals surface area (Å²) in [6.45, 7) is 9.99. The molecule has 1 unspecified atom stereocenters. The van der Waals surface area contributed by atoms with Gasteiger partial charge in [0, 0.05) is 44.9 Å². The van der Waals surface area contributed by atoms with Crippen LogP contribution in [0.1, 0.15) is 26.7 Å². The predicted molar refractivity (Wildman–Crippen MR) is 70.1 cm³/mol. The van der Waals surface area contributed by atoms with Crippen LogP contribution in [0.25, 0.3) is 0 Å². The molecule has 1 atom stereocenters. The Morgan fingerprint density at radius 2 is 2.06 bits per heavy atom. The molecular formula is C13H27N3O. The molecule has 2 rings (SSSR count). The van der Waals surface area contributed by atoms with Gasteiger partial charge in [0.25, 0.3) is 0 Å². The molecule has 1 heterocycles. The molecule has 0 aromatic rings. The van der Waals surface area contributed by atoms with Gasteiger partial charge in [-0.15, -0.1) is 0 Å². The second-order valence-corrected chi connectivity index (χ2v) is 5.62. The minimum atomic E-state index is 0.231. The van der Waals surface area contributed by atoms with Crippen LogP contribution in [-0.4, -0.2) is 67.3 Å². The Kier molecular flexibility index (Phi) is 4.08. The normalized spacial score (nSPS) is 40.2. The Morgan fingerprint density at radius 1 is 1.35 bits per heavy atom. The number of rotatable bonds is 4. The SMILES string of the molecule is CCN1CCN(C2(CN)CC(OC)C2)CC1C. The van der Waals surface area contributed by atoms with Crippen molar-refractivity contribution in [2.75, 3.05) is 39.8 Å². The highest BCUT2D eigenvalue weighted by Gasteiger charge is 2.48. The van der Waals surface area contributed by atoms with Gasteiger partial charge in [0.2, 0.25) is 0 Å². The molecule has 1 aliphatic heterocycles. The lowest BCUT2D eigenvalue weighted by Gasteiger charge is -2.56. The first-order chi connectivity index (χ1) is 8.15. The summed E-state index contributed by atoms with van der Waals surface area (Å²) in [6, 6.07) is 0.652. The maximum Gasteiger partial charge on any atom is 0.0607 e. The summed E-state index contributed by atoms with van der Waals surface area (Å²) in [5.74, 6) is 0. The third-order valence-electron chi connectivity index (χ3n) is 4.77. The Bertz CT molecular complexity index is 253. The van der Waals surface area contributed by atoms with Crippen molar-refractivity contribution in [3.05, 3.63) is 0 Å². The van der Waals surface area contributed by atoms with Crippen molar-refractivity contribution in [3.8, 4) is 0 Å². The molecule has 0 aromatic heterocycles. The van der Waals surface area contributed by atoms with Gasteiger partial charge >= 0.3 is 0 Å². The molecule has 0 amide bonds. The maximum absolute atomic E-state index is 6.02. The number of hydrogen-bond acceptors (Lipinski definition) is 4. The molecule has 2 N–H and O–H groups in total. The number of ether oxygens (including phenoxy) is 1. The molecule has 1 aliphatic carbocycles. The second kappa shape index (κ2) is 5.22. The topological polar surface area (TPSA) is 41.7 Å². The average Bonchev–Trinajstić information content (AvgIpc) is 2.29. The lowest BCUT2D eigenvalue weighted by Crippen LogP contribution is -2.68. The van der Waals surface area contributed by atoms with Crippen molar-refractivity contribution in [2.45, 2.75) is 44.4 Å². The predicted octanol–water partition coefficient (Wildman–Crippen LogP) is 0.519. The first kappa shape index (κ1) is 13.3. The van der Waals surface area contributed by atoms with Crippen LogP contribution in [0, 0.1) is 0 Å². The first-order valence-corrected chi connectivity index (χ1v) is 6.87. The summed E-state index contributed by atoms with van der Waals surface area (Å²) in [7, 11) is 1.81. The number of methoxy groups -OCH3 is 1. The zero-order valence-corrected chi connectivity index (χ0v) is 11.5. The van der Waals surface area contributed by atoms with Crippen LogP contribution in [0.4, 0.5) is 0 Å². The zero-order chi connectivity index (χ0) is 12.5. The van der Waals surface area contributed by atoms with Gasteiger partial charge in [0.15, 0.2) is 0 Å². The highest BCUT2D eigenvalue weighted by atomic mass is 16.5. The van der Waals surface area contributed by atoms with E-state index in [-0.39, 0.29) is 5.54 Å². The van der Waals surface area contributed by atoms with E-state index in [9.17, 15) is 0 Å². The fraction of sp³-hybridized carbons (Fsp3) is 1.00. The highest BCUT2D eigenvalue weighted by molar-refractivity contribution is 5.06. The van der Waals surface area contributed by atoms with Crippen LogP contribution in [0.15, 0.2) is 0 Å². The molecule has 1 saturated carbocycles. The van der Waals surface area contributed by atoms with Crippen LogP contribution in [0.5, 0.6) is 0 Å². The van der Waals surface area contributed by atoms with Gasteiger partial charge in [0.1, 0.15) is 0 Å². The second-order valence-electron chi connectivity index (χ2n) is 5.62. The summed E-state index contributed by atoms with van der Waals surface area (Å²) >= 11 is 0. The molecule has 0 bridgehead atoms. The van der Waals surface area contributed by atoms with Gasteiger partial charge in [-0.1, -0.05) is 6.92 Å². The molecule has 2 fully saturated rings. The minimum Gasteiger partial charge on any atom is -0.381 e. The van der Waals surface area contributed by atoms with Crippen molar-refractivity contribution < 1.29 is 4.74 Å². The lowest BCUT2D eigenvalue weighted by atomic mass is 9.72. The molecule has 0 radical (unpaired) electrons. The summed E-state index contributed by atoms with van der Waals surface area (Å²) in [5.41, 5.74) is 6.25. The molecule has 17 heavy (non-hydrogen) atoms. The smallest absolute Gasteiger partial charge is 0.0607 e. The molecule has 0 spiro atoms. The van der Waals surface area contributed by atoms with E-state index in [1.165, 1.54) is 6.54 Å². The third-order valence-corrected chi connectivity index (χ3v) is 4.77. The van der Waals surface area contributed by atoms with E-state index in [2.05, 4.69) is 23.6 Å². The molecule has 4 nitrogen and oxygen atoms in total. The number of nitrogens with two attached hydrogens (primary N) is 1. The van der Waals surface area contributed by atoms with Gasteiger partial charge in [-0.05, 0) is 26.3 Å². The van der Waals surface area contributed by atoms with Crippen molar-refractivity contribution in [3.63, 3.8) is 0 Å². The first-order valence-electron chi connectivity index (χ1n) is 6.87. The number of hydrogen-bond donors (Lipinski definition) is 1. The monoisotopic (exact) mass is 241 g/mol. The van der Waals surface area contributed by atoms with Crippen LogP contribution in [0.2, 0.25) is 0 Å². The molecule has 2 aliphatic rings. The summed E-state index contributed by atoms with van der Waals surface area (Å²) in [5, 5.41) is 0. The van der Waals surface area contributed by atoms with E-state index >= 15 is 0 Å². The van der Waals surface area contributed by atoms with E-state index in [1.807, 2.05) is 7.11 Å². The van der Waals surface area contributed by atoms with E-state index in [0.29, 0.717) is 12.1 Å². The fourth-order valence-electron chi connectivity index (χ4n) is 3.40. The Balaban J connectivity index is 1.94. The van der Waals surface area contributed by atoms with E-state index in [1.54, 1.807) is 0 Å². The van der Waals surface area contributed by atoms with Crippen LogP contribution >= 0.6 is 0 Å². The van der Waals surface area contributed by atoms with Gasteiger partial charge in [0.05, 0.1) is 6.10 Å². The average molecular weight is 241 g/mol. The van der Waals surface area contributed by atoms with Crippen molar-refractivity contribution in [1.29, 1.82) is 0 Å². The van der Waals surface area contributed by atoms with Crippen LogP contribution < -0.4 is 5.73 Å². The van der Waals surface area contributed by atoms with Crippen molar-refractivity contribution in [1.82, 2.24) is 9.80 Å². The van der Waals surface area contributed by atoms with Crippen molar-refractivity contribution >= 4 is 0 Å². The lowest BCUT2D eigenvalue weighted by molar-refractivity contribution is -0.106. The van der Waals surface area contributed by atoms with Gasteiger partial charge in [-0.2, -0.15) is 0 Å². The molecule has 4 heteroatoms. The Labute approximate surface area is 105 Å². The summed E-state index contributed by atoms with van der Waals surface area (Å²) in [6.07, 6.45) is 2.65. The van der Waals surface area contributed by atoms with Gasteiger partial charge in [-0.25, -0.2) is 0 Å². The summed E-state index contributed by atoms with van der Waals surface area (Å²) < 4.78 is 5.41. The molecular weight excluding hydrogens is 214 g/mol. The molecule has 100 valence electrons. The molecule has 0 aromatic carbocycles. The Hall–Kier alpha value is -0.160. The van der Waals surface area contributed by atoms with Gasteiger partial charge < -0.3 is 10.5 Å². The standard InChI is InChI=1S/C13H27N3O/c1-4-15-5-6-16(9-11(15)2)13(10-14)7-12(8-13)17-3/h11-12H,4-10,14H2,1-3H3. The van der Waals surface area contributed by atoms with Gasteiger partial charge in [-0.3, -0.25) is 9.80 Å². The van der Waals surface area contributed by atoms with Crippen molar-refractivity contribution in [2.24, 2.45) is 5.73 Å². The Morgan fingerprint density at radius 3 is 2.53 bits per heavy atom. The third kappa shape index (κ3) is 2.36. The number of piperazine rings is 1. The summed E-state index contributed by atoms with van der Waals surface area (Å²) in [4.78, 5) is 5.16. The van der Waals surface area contributed by atoms with Crippen LogP contribution in [0.3, 0.4) is 0 Å². The molecule has 1 saturated heterocycles. The zero-order valence-electron chi connectivity index (χ0n) is 11.5. The highest BCUT2D eigenvalue weighted by Crippen LogP contribution is 2.39. The fourth-order valence-corrected chi connectivity index (χ4v) is 3.40. The van der Waals surface area contributed by atoms with E-state index in [4.69, 9.17) is 10.5 Å².